The number of carbonyl (C=O) groups excluding carboxylic acids is 1. The van der Waals surface area contributed by atoms with E-state index < -0.39 is 5.60 Å². The van der Waals surface area contributed by atoms with E-state index in [0.717, 1.165) is 11.1 Å². The van der Waals surface area contributed by atoms with E-state index in [1.807, 2.05) is 45.0 Å². The van der Waals surface area contributed by atoms with Crippen molar-refractivity contribution in [1.29, 1.82) is 0 Å². The van der Waals surface area contributed by atoms with Crippen LogP contribution in [0.2, 0.25) is 0 Å². The highest BCUT2D eigenvalue weighted by Crippen LogP contribution is 2.18. The second-order valence-electron chi connectivity index (χ2n) is 5.87. The summed E-state index contributed by atoms with van der Waals surface area (Å²) in [5.74, 6) is -0.570. The first kappa shape index (κ1) is 16.7. The maximum Gasteiger partial charge on any atom is 0.311 e. The molecule has 1 atom stereocenters. The van der Waals surface area contributed by atoms with Crippen LogP contribution in [0.1, 0.15) is 31.9 Å². The summed E-state index contributed by atoms with van der Waals surface area (Å²) >= 11 is 0. The summed E-state index contributed by atoms with van der Waals surface area (Å²) in [5, 5.41) is 0. The van der Waals surface area contributed by atoms with E-state index in [9.17, 15) is 4.79 Å². The predicted octanol–water partition coefficient (Wildman–Crippen LogP) is 2.29. The van der Waals surface area contributed by atoms with Crippen LogP contribution in [0, 0.1) is 5.92 Å². The van der Waals surface area contributed by atoms with Crippen LogP contribution < -0.4 is 5.73 Å². The third kappa shape index (κ3) is 5.31. The summed E-state index contributed by atoms with van der Waals surface area (Å²) in [6.07, 6.45) is 0.574. The molecule has 0 saturated carbocycles. The summed E-state index contributed by atoms with van der Waals surface area (Å²) < 4.78 is 10.6. The summed E-state index contributed by atoms with van der Waals surface area (Å²) in [6, 6.07) is 7.92. The number of methoxy groups -OCH3 is 1. The van der Waals surface area contributed by atoms with Crippen LogP contribution in [-0.2, 0) is 27.3 Å². The molecule has 1 rings (SSSR count). The van der Waals surface area contributed by atoms with Crippen molar-refractivity contribution < 1.29 is 14.3 Å². The summed E-state index contributed by atoms with van der Waals surface area (Å²) in [7, 11) is 1.66. The molecule has 0 aromatic heterocycles. The Morgan fingerprint density at radius 2 is 1.85 bits per heavy atom. The second-order valence-corrected chi connectivity index (χ2v) is 5.87. The van der Waals surface area contributed by atoms with Crippen LogP contribution in [0.4, 0.5) is 0 Å². The standard InChI is InChI=1S/C16H25NO3/c1-16(2,3)20-15(18)14(10-17)9-12-7-5-6-8-13(12)11-19-4/h5-8,14H,9-11,17H2,1-4H3. The second kappa shape index (κ2) is 7.41. The average molecular weight is 279 g/mol. The number of nitrogens with two attached hydrogens (primary N) is 1. The molecule has 4 heteroatoms. The van der Waals surface area contributed by atoms with Crippen molar-refractivity contribution in [1.82, 2.24) is 0 Å². The molecule has 2 N–H and O–H groups in total. The number of carbonyl (C=O) groups is 1. The van der Waals surface area contributed by atoms with Crippen LogP contribution in [0.3, 0.4) is 0 Å². The van der Waals surface area contributed by atoms with E-state index in [2.05, 4.69) is 0 Å². The fraction of sp³-hybridized carbons (Fsp3) is 0.562. The lowest BCUT2D eigenvalue weighted by Crippen LogP contribution is -2.33. The number of esters is 1. The monoisotopic (exact) mass is 279 g/mol. The highest BCUT2D eigenvalue weighted by atomic mass is 16.6. The summed E-state index contributed by atoms with van der Waals surface area (Å²) in [6.45, 7) is 6.38. The molecule has 0 radical (unpaired) electrons. The van der Waals surface area contributed by atoms with Gasteiger partial charge in [-0.2, -0.15) is 0 Å². The van der Waals surface area contributed by atoms with Gasteiger partial charge in [0.15, 0.2) is 0 Å². The molecule has 1 aromatic carbocycles. The molecule has 1 aromatic rings. The van der Waals surface area contributed by atoms with Crippen molar-refractivity contribution in [3.8, 4) is 0 Å². The van der Waals surface area contributed by atoms with Gasteiger partial charge in [0, 0.05) is 13.7 Å². The quantitative estimate of drug-likeness (QED) is 0.812. The largest absolute Gasteiger partial charge is 0.460 e. The Hall–Kier alpha value is -1.39. The third-order valence-corrected chi connectivity index (χ3v) is 2.91. The van der Waals surface area contributed by atoms with Gasteiger partial charge in [-0.1, -0.05) is 24.3 Å². The third-order valence-electron chi connectivity index (χ3n) is 2.91. The SMILES string of the molecule is COCc1ccccc1CC(CN)C(=O)OC(C)(C)C. The van der Waals surface area contributed by atoms with E-state index in [4.69, 9.17) is 15.2 Å². The lowest BCUT2D eigenvalue weighted by molar-refractivity contribution is -0.159. The first-order chi connectivity index (χ1) is 9.37. The molecule has 0 heterocycles. The van der Waals surface area contributed by atoms with E-state index >= 15 is 0 Å². The van der Waals surface area contributed by atoms with Crippen molar-refractivity contribution >= 4 is 5.97 Å². The Kier molecular flexibility index (Phi) is 6.17. The zero-order valence-corrected chi connectivity index (χ0v) is 12.8. The molecule has 0 amide bonds. The molecular formula is C16H25NO3. The first-order valence-corrected chi connectivity index (χ1v) is 6.86. The fourth-order valence-corrected chi connectivity index (χ4v) is 1.97. The van der Waals surface area contributed by atoms with Gasteiger partial charge in [-0.3, -0.25) is 4.79 Å². The maximum absolute atomic E-state index is 12.1. The molecule has 0 fully saturated rings. The molecule has 0 aliphatic heterocycles. The zero-order chi connectivity index (χ0) is 15.2. The fourth-order valence-electron chi connectivity index (χ4n) is 1.97. The lowest BCUT2D eigenvalue weighted by Gasteiger charge is -2.23. The minimum atomic E-state index is -0.490. The van der Waals surface area contributed by atoms with Gasteiger partial charge in [0.25, 0.3) is 0 Å². The molecular weight excluding hydrogens is 254 g/mol. The van der Waals surface area contributed by atoms with Gasteiger partial charge in [0.2, 0.25) is 0 Å². The smallest absolute Gasteiger partial charge is 0.311 e. The van der Waals surface area contributed by atoms with Crippen LogP contribution in [0.5, 0.6) is 0 Å². The molecule has 0 aliphatic rings. The van der Waals surface area contributed by atoms with E-state index in [1.54, 1.807) is 7.11 Å². The summed E-state index contributed by atoms with van der Waals surface area (Å²) in [4.78, 5) is 12.1. The van der Waals surface area contributed by atoms with Crippen LogP contribution in [0.25, 0.3) is 0 Å². The van der Waals surface area contributed by atoms with Gasteiger partial charge in [-0.25, -0.2) is 0 Å². The molecule has 1 unspecified atom stereocenters. The van der Waals surface area contributed by atoms with Gasteiger partial charge in [0.1, 0.15) is 5.60 Å². The minimum Gasteiger partial charge on any atom is -0.460 e. The molecule has 20 heavy (non-hydrogen) atoms. The normalized spacial score (nSPS) is 13.1. The van der Waals surface area contributed by atoms with Gasteiger partial charge in [-0.15, -0.1) is 0 Å². The Morgan fingerprint density at radius 1 is 1.25 bits per heavy atom. The van der Waals surface area contributed by atoms with E-state index in [0.29, 0.717) is 13.0 Å². The number of hydrogen-bond donors (Lipinski definition) is 1. The van der Waals surface area contributed by atoms with Crippen LogP contribution in [-0.4, -0.2) is 25.2 Å². The summed E-state index contributed by atoms with van der Waals surface area (Å²) in [5.41, 5.74) is 7.40. The van der Waals surface area contributed by atoms with Crippen molar-refractivity contribution in [2.75, 3.05) is 13.7 Å². The Bertz CT molecular complexity index is 438. The van der Waals surface area contributed by atoms with E-state index in [-0.39, 0.29) is 18.4 Å². The number of rotatable bonds is 6. The molecule has 4 nitrogen and oxygen atoms in total. The van der Waals surface area contributed by atoms with Gasteiger partial charge in [-0.05, 0) is 38.3 Å². The van der Waals surface area contributed by atoms with Crippen LogP contribution in [0.15, 0.2) is 24.3 Å². The predicted molar refractivity (Wildman–Crippen MR) is 79.2 cm³/mol. The average Bonchev–Trinajstić information content (AvgIpc) is 2.35. The maximum atomic E-state index is 12.1. The molecule has 0 bridgehead atoms. The van der Waals surface area contributed by atoms with Crippen molar-refractivity contribution in [3.63, 3.8) is 0 Å². The lowest BCUT2D eigenvalue weighted by atomic mass is 9.95. The van der Waals surface area contributed by atoms with Crippen LogP contribution >= 0.6 is 0 Å². The van der Waals surface area contributed by atoms with Crippen molar-refractivity contribution in [3.05, 3.63) is 35.4 Å². The van der Waals surface area contributed by atoms with Gasteiger partial charge >= 0.3 is 5.97 Å². The zero-order valence-electron chi connectivity index (χ0n) is 12.8. The topological polar surface area (TPSA) is 61.5 Å². The Morgan fingerprint density at radius 3 is 2.35 bits per heavy atom. The van der Waals surface area contributed by atoms with Gasteiger partial charge in [0.05, 0.1) is 12.5 Å². The number of hydrogen-bond acceptors (Lipinski definition) is 4. The molecule has 0 spiro atoms. The highest BCUT2D eigenvalue weighted by molar-refractivity contribution is 5.73. The highest BCUT2D eigenvalue weighted by Gasteiger charge is 2.24. The molecule has 0 saturated heterocycles. The molecule has 112 valence electrons. The first-order valence-electron chi connectivity index (χ1n) is 6.86. The Labute approximate surface area is 121 Å². The van der Waals surface area contributed by atoms with Crippen molar-refractivity contribution in [2.45, 2.75) is 39.4 Å². The number of ether oxygens (including phenoxy) is 2. The van der Waals surface area contributed by atoms with E-state index in [1.165, 1.54) is 0 Å². The minimum absolute atomic E-state index is 0.243. The van der Waals surface area contributed by atoms with Crippen molar-refractivity contribution in [2.24, 2.45) is 11.7 Å². The van der Waals surface area contributed by atoms with Gasteiger partial charge < -0.3 is 15.2 Å². The number of benzene rings is 1. The Balaban J connectivity index is 2.80. The molecule has 0 aliphatic carbocycles.